The molecule has 0 atom stereocenters. The number of nitrogens with two attached hydrogens (primary N) is 1. The maximum Gasteiger partial charge on any atom is 0.253 e. The van der Waals surface area contributed by atoms with E-state index in [0.29, 0.717) is 18.5 Å². The summed E-state index contributed by atoms with van der Waals surface area (Å²) in [5.41, 5.74) is 7.57. The zero-order valence-electron chi connectivity index (χ0n) is 11.3. The van der Waals surface area contributed by atoms with E-state index < -0.39 is 0 Å². The number of hydrogen-bond acceptors (Lipinski definition) is 4. The van der Waals surface area contributed by atoms with Crippen molar-refractivity contribution in [3.63, 3.8) is 0 Å². The van der Waals surface area contributed by atoms with Crippen molar-refractivity contribution < 1.29 is 10.0 Å². The summed E-state index contributed by atoms with van der Waals surface area (Å²) in [5.74, 6) is 0.0960. The third kappa shape index (κ3) is 4.95. The fourth-order valence-corrected chi connectivity index (χ4v) is 1.70. The van der Waals surface area contributed by atoms with Gasteiger partial charge in [0.15, 0.2) is 0 Å². The van der Waals surface area contributed by atoms with E-state index in [9.17, 15) is 4.79 Å². The average Bonchev–Trinajstić information content (AvgIpc) is 2.37. The van der Waals surface area contributed by atoms with Crippen molar-refractivity contribution in [3.8, 4) is 0 Å². The fourth-order valence-electron chi connectivity index (χ4n) is 1.70. The number of amides is 1. The predicted molar refractivity (Wildman–Crippen MR) is 73.3 cm³/mol. The molecule has 0 spiro atoms. The van der Waals surface area contributed by atoms with Crippen LogP contribution in [0.4, 0.5) is 0 Å². The Morgan fingerprint density at radius 2 is 2.16 bits per heavy atom. The lowest BCUT2D eigenvalue weighted by Crippen LogP contribution is -2.25. The molecular weight excluding hydrogens is 244 g/mol. The monoisotopic (exact) mass is 264 g/mol. The van der Waals surface area contributed by atoms with Gasteiger partial charge in [-0.25, -0.2) is 0 Å². The van der Waals surface area contributed by atoms with Gasteiger partial charge in [-0.05, 0) is 38.8 Å². The minimum atomic E-state index is -0.117. The van der Waals surface area contributed by atoms with Crippen LogP contribution in [0.5, 0.6) is 0 Å². The Balaban J connectivity index is 2.35. The molecule has 1 rings (SSSR count). The highest BCUT2D eigenvalue weighted by atomic mass is 16.4. The first-order valence-corrected chi connectivity index (χ1v) is 6.23. The van der Waals surface area contributed by atoms with E-state index >= 15 is 0 Å². The summed E-state index contributed by atoms with van der Waals surface area (Å²) in [5, 5.41) is 14.1. The minimum absolute atomic E-state index is 0.117. The SMILES string of the molecule is Cc1ccc(C(=O)NCCCCC(N)=NO)c(C)n1. The number of nitrogens with one attached hydrogen (secondary N) is 1. The maximum absolute atomic E-state index is 11.9. The first-order valence-electron chi connectivity index (χ1n) is 6.23. The summed E-state index contributed by atoms with van der Waals surface area (Å²) in [4.78, 5) is 16.1. The van der Waals surface area contributed by atoms with Gasteiger partial charge in [-0.3, -0.25) is 9.78 Å². The van der Waals surface area contributed by atoms with Crippen LogP contribution in [0, 0.1) is 13.8 Å². The quantitative estimate of drug-likeness (QED) is 0.237. The number of pyridine rings is 1. The molecule has 0 aliphatic heterocycles. The van der Waals surface area contributed by atoms with Gasteiger partial charge in [-0.2, -0.15) is 0 Å². The van der Waals surface area contributed by atoms with Crippen LogP contribution in [0.2, 0.25) is 0 Å². The highest BCUT2D eigenvalue weighted by Crippen LogP contribution is 2.06. The zero-order valence-corrected chi connectivity index (χ0v) is 11.3. The molecule has 0 aromatic carbocycles. The van der Waals surface area contributed by atoms with Crippen molar-refractivity contribution in [1.29, 1.82) is 0 Å². The molecule has 4 N–H and O–H groups in total. The van der Waals surface area contributed by atoms with E-state index in [2.05, 4.69) is 15.5 Å². The summed E-state index contributed by atoms with van der Waals surface area (Å²) >= 11 is 0. The number of amidine groups is 1. The highest BCUT2D eigenvalue weighted by Gasteiger charge is 2.08. The lowest BCUT2D eigenvalue weighted by Gasteiger charge is -2.07. The molecule has 0 saturated heterocycles. The second-order valence-electron chi connectivity index (χ2n) is 4.39. The Bertz CT molecular complexity index is 472. The van der Waals surface area contributed by atoms with Gasteiger partial charge in [0.2, 0.25) is 0 Å². The number of rotatable bonds is 6. The molecular formula is C13H20N4O2. The van der Waals surface area contributed by atoms with Crippen LogP contribution >= 0.6 is 0 Å². The summed E-state index contributed by atoms with van der Waals surface area (Å²) in [6, 6.07) is 3.60. The second kappa shape index (κ2) is 7.35. The fraction of sp³-hybridized carbons (Fsp3) is 0.462. The van der Waals surface area contributed by atoms with E-state index in [1.165, 1.54) is 0 Å². The topological polar surface area (TPSA) is 101 Å². The minimum Gasteiger partial charge on any atom is -0.409 e. The largest absolute Gasteiger partial charge is 0.409 e. The first kappa shape index (κ1) is 14.9. The molecule has 6 nitrogen and oxygen atoms in total. The van der Waals surface area contributed by atoms with E-state index in [4.69, 9.17) is 10.9 Å². The molecule has 0 aliphatic rings. The molecule has 0 aliphatic carbocycles. The van der Waals surface area contributed by atoms with Gasteiger partial charge in [0.05, 0.1) is 11.3 Å². The van der Waals surface area contributed by atoms with Crippen molar-refractivity contribution in [1.82, 2.24) is 10.3 Å². The van der Waals surface area contributed by atoms with Crippen LogP contribution in [0.3, 0.4) is 0 Å². The Kier molecular flexibility index (Phi) is 5.78. The number of hydrogen-bond donors (Lipinski definition) is 3. The van der Waals surface area contributed by atoms with Crippen LogP contribution in [0.1, 0.15) is 41.0 Å². The summed E-state index contributed by atoms with van der Waals surface area (Å²) in [6.45, 7) is 4.27. The lowest BCUT2D eigenvalue weighted by molar-refractivity contribution is 0.0952. The van der Waals surface area contributed by atoms with Gasteiger partial charge >= 0.3 is 0 Å². The molecule has 1 aromatic rings. The van der Waals surface area contributed by atoms with Gasteiger partial charge in [0.25, 0.3) is 5.91 Å². The van der Waals surface area contributed by atoms with Crippen LogP contribution < -0.4 is 11.1 Å². The van der Waals surface area contributed by atoms with Crippen molar-refractivity contribution >= 4 is 11.7 Å². The Hall–Kier alpha value is -2.11. The maximum atomic E-state index is 11.9. The number of carbonyl (C=O) groups excluding carboxylic acids is 1. The van der Waals surface area contributed by atoms with E-state index in [1.54, 1.807) is 6.07 Å². The average molecular weight is 264 g/mol. The van der Waals surface area contributed by atoms with Crippen molar-refractivity contribution in [2.45, 2.75) is 33.1 Å². The van der Waals surface area contributed by atoms with Gasteiger partial charge in [0, 0.05) is 18.7 Å². The Morgan fingerprint density at radius 1 is 1.42 bits per heavy atom. The molecule has 0 radical (unpaired) electrons. The molecule has 19 heavy (non-hydrogen) atoms. The van der Waals surface area contributed by atoms with Crippen LogP contribution in [-0.2, 0) is 0 Å². The van der Waals surface area contributed by atoms with E-state index in [1.807, 2.05) is 19.9 Å². The summed E-state index contributed by atoms with van der Waals surface area (Å²) < 4.78 is 0. The van der Waals surface area contributed by atoms with Gasteiger partial charge < -0.3 is 16.3 Å². The predicted octanol–water partition coefficient (Wildman–Crippen LogP) is 1.34. The Labute approximate surface area is 112 Å². The number of aromatic nitrogens is 1. The lowest BCUT2D eigenvalue weighted by atomic mass is 10.1. The first-order chi connectivity index (χ1) is 9.04. The molecule has 1 aromatic heterocycles. The summed E-state index contributed by atoms with van der Waals surface area (Å²) in [6.07, 6.45) is 2.07. The molecule has 1 heterocycles. The number of carbonyl (C=O) groups is 1. The standard InChI is InChI=1S/C13H20N4O2/c1-9-6-7-11(10(2)16-9)13(18)15-8-4-3-5-12(14)17-19/h6-7,19H,3-5,8H2,1-2H3,(H2,14,17)(H,15,18). The van der Waals surface area contributed by atoms with Crippen LogP contribution in [0.25, 0.3) is 0 Å². The normalized spacial score (nSPS) is 11.4. The van der Waals surface area contributed by atoms with Crippen molar-refractivity contribution in [3.05, 3.63) is 29.1 Å². The highest BCUT2D eigenvalue weighted by molar-refractivity contribution is 5.95. The number of oxime groups is 1. The molecule has 1 amide bonds. The van der Waals surface area contributed by atoms with E-state index in [-0.39, 0.29) is 11.7 Å². The molecule has 0 saturated carbocycles. The van der Waals surface area contributed by atoms with Gasteiger partial charge in [0.1, 0.15) is 5.84 Å². The molecule has 0 fully saturated rings. The number of unbranched alkanes of at least 4 members (excludes halogenated alkanes) is 1. The third-order valence-electron chi connectivity index (χ3n) is 2.74. The molecule has 0 bridgehead atoms. The third-order valence-corrected chi connectivity index (χ3v) is 2.74. The molecule has 104 valence electrons. The van der Waals surface area contributed by atoms with Gasteiger partial charge in [-0.1, -0.05) is 5.16 Å². The number of aryl methyl sites for hydroxylation is 2. The molecule has 0 unspecified atom stereocenters. The number of nitrogens with zero attached hydrogens (tertiary/aromatic N) is 2. The van der Waals surface area contributed by atoms with Crippen molar-refractivity contribution in [2.75, 3.05) is 6.54 Å². The van der Waals surface area contributed by atoms with E-state index in [0.717, 1.165) is 24.2 Å². The van der Waals surface area contributed by atoms with Crippen LogP contribution in [0.15, 0.2) is 17.3 Å². The van der Waals surface area contributed by atoms with Gasteiger partial charge in [-0.15, -0.1) is 0 Å². The van der Waals surface area contributed by atoms with Crippen molar-refractivity contribution in [2.24, 2.45) is 10.9 Å². The second-order valence-corrected chi connectivity index (χ2v) is 4.39. The van der Waals surface area contributed by atoms with Crippen LogP contribution in [-0.4, -0.2) is 28.5 Å². The molecule has 6 heteroatoms. The Morgan fingerprint density at radius 3 is 2.79 bits per heavy atom. The smallest absolute Gasteiger partial charge is 0.253 e. The summed E-state index contributed by atoms with van der Waals surface area (Å²) in [7, 11) is 0. The zero-order chi connectivity index (χ0) is 14.3.